The van der Waals surface area contributed by atoms with Crippen LogP contribution in [0.25, 0.3) is 10.8 Å². The first-order chi connectivity index (χ1) is 15.7. The van der Waals surface area contributed by atoms with Crippen molar-refractivity contribution in [1.29, 1.82) is 0 Å². The van der Waals surface area contributed by atoms with Gasteiger partial charge in [-0.1, -0.05) is 96.1 Å². The Morgan fingerprint density at radius 2 is 1.24 bits per heavy atom. The van der Waals surface area contributed by atoms with Crippen molar-refractivity contribution in [2.24, 2.45) is 0 Å². The van der Waals surface area contributed by atoms with Crippen LogP contribution in [0.1, 0.15) is 87.0 Å². The maximum atomic E-state index is 13.7. The van der Waals surface area contributed by atoms with E-state index in [9.17, 15) is 21.4 Å². The van der Waals surface area contributed by atoms with Gasteiger partial charge in [0.25, 0.3) is 20.2 Å². The molecule has 1 unspecified atom stereocenters. The normalized spacial score (nSPS) is 13.8. The predicted octanol–water partition coefficient (Wildman–Crippen LogP) is 6.50. The van der Waals surface area contributed by atoms with E-state index >= 15 is 0 Å². The van der Waals surface area contributed by atoms with Crippen LogP contribution in [-0.4, -0.2) is 21.4 Å². The third kappa shape index (κ3) is 5.35. The van der Waals surface area contributed by atoms with Crippen molar-refractivity contribution in [2.75, 3.05) is 0 Å². The number of benzene rings is 3. The molecule has 184 valence electrons. The molecule has 34 heavy (non-hydrogen) atoms. The largest absolute Gasteiger partial charge is 0.299 e. The van der Waals surface area contributed by atoms with Gasteiger partial charge < -0.3 is 0 Å². The van der Waals surface area contributed by atoms with Crippen LogP contribution < -0.4 is 0 Å². The van der Waals surface area contributed by atoms with Gasteiger partial charge in [0.15, 0.2) is 0 Å². The van der Waals surface area contributed by atoms with Gasteiger partial charge in [0.05, 0.1) is 0 Å². The van der Waals surface area contributed by atoms with E-state index in [-0.39, 0.29) is 28.2 Å². The van der Waals surface area contributed by atoms with Gasteiger partial charge in [-0.25, -0.2) is 4.18 Å². The Hall–Kier alpha value is -2.26. The molecule has 0 radical (unpaired) electrons. The molecule has 0 aliphatic carbocycles. The van der Waals surface area contributed by atoms with E-state index in [1.165, 1.54) is 6.07 Å². The number of hydrogen-bond acceptors (Lipinski definition) is 5. The van der Waals surface area contributed by atoms with Crippen molar-refractivity contribution in [2.45, 2.75) is 69.6 Å². The average Bonchev–Trinajstić information content (AvgIpc) is 2.75. The van der Waals surface area contributed by atoms with Crippen LogP contribution in [0, 0.1) is 0 Å². The van der Waals surface area contributed by atoms with Crippen LogP contribution >= 0.6 is 0 Å². The minimum Gasteiger partial charge on any atom is -0.283 e. The summed E-state index contributed by atoms with van der Waals surface area (Å²) in [4.78, 5) is -0.0317. The van der Waals surface area contributed by atoms with Gasteiger partial charge >= 0.3 is 0 Å². The highest BCUT2D eigenvalue weighted by Crippen LogP contribution is 2.39. The van der Waals surface area contributed by atoms with Crippen molar-refractivity contribution >= 4 is 31.0 Å². The lowest BCUT2D eigenvalue weighted by molar-refractivity contribution is 0.267. The van der Waals surface area contributed by atoms with Crippen LogP contribution in [0.5, 0.6) is 0 Å². The summed E-state index contributed by atoms with van der Waals surface area (Å²) in [5, 5.41) is 1.17. The molecule has 0 saturated carbocycles. The lowest BCUT2D eigenvalue weighted by Gasteiger charge is -2.24. The molecular weight excluding hydrogens is 472 g/mol. The zero-order valence-electron chi connectivity index (χ0n) is 20.3. The topological polar surface area (TPSA) is 97.7 Å². The zero-order chi connectivity index (χ0) is 25.4. The first kappa shape index (κ1) is 26.3. The number of rotatable bonds is 8. The maximum Gasteiger partial charge on any atom is 0.299 e. The van der Waals surface area contributed by atoms with E-state index in [1.807, 2.05) is 53.7 Å². The van der Waals surface area contributed by atoms with Crippen LogP contribution in [-0.2, 0) is 24.4 Å². The van der Waals surface area contributed by atoms with E-state index in [0.717, 1.165) is 5.56 Å². The minimum absolute atomic E-state index is 0.0317. The molecule has 0 heterocycles. The van der Waals surface area contributed by atoms with Crippen LogP contribution in [0.2, 0.25) is 0 Å². The molecule has 3 aromatic rings. The van der Waals surface area contributed by atoms with Gasteiger partial charge in [-0.2, -0.15) is 16.8 Å². The molecule has 0 saturated heterocycles. The molecule has 1 atom stereocenters. The summed E-state index contributed by atoms with van der Waals surface area (Å²) in [7, 11) is -9.53. The molecule has 1 N–H and O–H groups in total. The first-order valence-corrected chi connectivity index (χ1v) is 14.2. The summed E-state index contributed by atoms with van der Waals surface area (Å²) in [5.74, 6) is -0.147. The Balaban J connectivity index is 2.27. The van der Waals surface area contributed by atoms with E-state index in [0.29, 0.717) is 21.9 Å². The summed E-state index contributed by atoms with van der Waals surface area (Å²) in [6, 6.07) is 15.4. The summed E-state index contributed by atoms with van der Waals surface area (Å²) < 4.78 is 67.8. The molecular formula is C26H32O6S2. The maximum absolute atomic E-state index is 13.7. The van der Waals surface area contributed by atoms with Gasteiger partial charge in [0.2, 0.25) is 5.44 Å². The van der Waals surface area contributed by atoms with Gasteiger partial charge in [-0.3, -0.25) is 4.55 Å². The molecule has 0 aliphatic heterocycles. The molecule has 6 nitrogen and oxygen atoms in total. The second-order valence-electron chi connectivity index (χ2n) is 9.46. The predicted molar refractivity (Wildman–Crippen MR) is 135 cm³/mol. The Labute approximate surface area is 202 Å². The van der Waals surface area contributed by atoms with Crippen LogP contribution in [0.3, 0.4) is 0 Å². The highest BCUT2D eigenvalue weighted by molar-refractivity contribution is 7.89. The fourth-order valence-electron chi connectivity index (χ4n) is 4.06. The van der Waals surface area contributed by atoms with Crippen molar-refractivity contribution in [3.8, 4) is 0 Å². The molecule has 0 aliphatic rings. The Kier molecular flexibility index (Phi) is 7.57. The van der Waals surface area contributed by atoms with Crippen LogP contribution in [0.4, 0.5) is 0 Å². The lowest BCUT2D eigenvalue weighted by atomic mass is 9.89. The molecule has 0 aromatic heterocycles. The third-order valence-electron chi connectivity index (χ3n) is 5.89. The molecule has 0 fully saturated rings. The summed E-state index contributed by atoms with van der Waals surface area (Å²) in [6.07, 6.45) is 0. The van der Waals surface area contributed by atoms with Crippen LogP contribution in [0.15, 0.2) is 59.5 Å². The number of hydrogen-bond donors (Lipinski definition) is 1. The quantitative estimate of drug-likeness (QED) is 0.278. The van der Waals surface area contributed by atoms with Gasteiger partial charge in [0, 0.05) is 5.56 Å². The van der Waals surface area contributed by atoms with Crippen molar-refractivity contribution in [3.63, 3.8) is 0 Å². The molecule has 8 heteroatoms. The minimum atomic E-state index is -4.94. The zero-order valence-corrected chi connectivity index (χ0v) is 21.9. The van der Waals surface area contributed by atoms with E-state index in [4.69, 9.17) is 4.18 Å². The summed E-state index contributed by atoms with van der Waals surface area (Å²) >= 11 is 0. The Morgan fingerprint density at radius 3 is 1.74 bits per heavy atom. The smallest absolute Gasteiger partial charge is 0.283 e. The second-order valence-corrected chi connectivity index (χ2v) is 12.4. The van der Waals surface area contributed by atoms with Crippen molar-refractivity contribution in [1.82, 2.24) is 0 Å². The monoisotopic (exact) mass is 504 g/mol. The fraction of sp³-hybridized carbons (Fsp3) is 0.385. The molecule has 0 bridgehead atoms. The molecule has 3 aromatic carbocycles. The Morgan fingerprint density at radius 1 is 0.706 bits per heavy atom. The molecule has 3 rings (SSSR count). The second kappa shape index (κ2) is 9.77. The third-order valence-corrected chi connectivity index (χ3v) is 8.32. The summed E-state index contributed by atoms with van der Waals surface area (Å²) in [5.41, 5.74) is 0.0594. The SMILES string of the molecule is CC(C)c1cc(C(C)C)c(S(=O)(=O)OC(c2cccc3ccccc23)S(=O)(=O)O)c(C(C)C)c1. The Bertz CT molecular complexity index is 1370. The first-order valence-electron chi connectivity index (χ1n) is 11.3. The standard InChI is InChI=1S/C26H32O6S2/c1-16(2)20-14-23(17(3)4)25(24(15-20)18(5)6)34(30,31)32-26(33(27,28)29)22-13-9-11-19-10-7-8-12-21(19)22/h7-18,26H,1-6H3,(H,27,28,29). The van der Waals surface area contributed by atoms with Gasteiger partial charge in [-0.05, 0) is 45.2 Å². The van der Waals surface area contributed by atoms with E-state index in [2.05, 4.69) is 0 Å². The van der Waals surface area contributed by atoms with E-state index in [1.54, 1.807) is 36.4 Å². The average molecular weight is 505 g/mol. The fourth-order valence-corrected chi connectivity index (χ4v) is 6.89. The molecule has 0 amide bonds. The highest BCUT2D eigenvalue weighted by atomic mass is 32.2. The van der Waals surface area contributed by atoms with E-state index < -0.39 is 25.7 Å². The van der Waals surface area contributed by atoms with Gasteiger partial charge in [-0.15, -0.1) is 0 Å². The number of fused-ring (bicyclic) bond motifs is 1. The molecule has 0 spiro atoms. The van der Waals surface area contributed by atoms with Gasteiger partial charge in [0.1, 0.15) is 4.90 Å². The highest BCUT2D eigenvalue weighted by Gasteiger charge is 2.37. The van der Waals surface area contributed by atoms with Crippen molar-refractivity contribution < 1.29 is 25.6 Å². The summed E-state index contributed by atoms with van der Waals surface area (Å²) in [6.45, 7) is 11.6. The van der Waals surface area contributed by atoms with Crippen molar-refractivity contribution in [3.05, 3.63) is 76.9 Å². The lowest BCUT2D eigenvalue weighted by Crippen LogP contribution is -2.22.